The molecule has 3 aromatic heterocycles. The lowest BCUT2D eigenvalue weighted by molar-refractivity contribution is 0.669. The van der Waals surface area contributed by atoms with Gasteiger partial charge in [-0.1, -0.05) is 152 Å². The minimum Gasteiger partial charge on any atom is -0.456 e. The molecule has 0 bridgehead atoms. The molecule has 11 aromatic rings. The number of hydrogen-bond acceptors (Lipinski definition) is 4. The molecule has 8 aromatic carbocycles. The lowest BCUT2D eigenvalue weighted by atomic mass is 10.0. The van der Waals surface area contributed by atoms with E-state index in [-0.39, 0.29) is 0 Å². The zero-order valence-electron chi connectivity index (χ0n) is 30.2. The van der Waals surface area contributed by atoms with Crippen molar-refractivity contribution < 1.29 is 4.42 Å². The van der Waals surface area contributed by atoms with Crippen molar-refractivity contribution >= 4 is 43.7 Å². The normalized spacial score (nSPS) is 11.6. The summed E-state index contributed by atoms with van der Waals surface area (Å²) < 4.78 is 8.80. The third kappa shape index (κ3) is 5.29. The predicted octanol–water partition coefficient (Wildman–Crippen LogP) is 13.2. The molecular weight excluding hydrogens is 685 g/mol. The first kappa shape index (κ1) is 31.9. The van der Waals surface area contributed by atoms with Crippen molar-refractivity contribution in [2.24, 2.45) is 0 Å². The summed E-state index contributed by atoms with van der Waals surface area (Å²) >= 11 is 0. The highest BCUT2D eigenvalue weighted by molar-refractivity contribution is 6.27. The first-order valence-electron chi connectivity index (χ1n) is 18.8. The SMILES string of the molecule is c1ccc(-c2ccc(-c3nc(-c4ccccc4)nc(-c4ccccc4-n4c5ccc(-c6ccccc6)cc5c5c6c(ccc54)oc4ccccc46)n3)cc2)cc1. The quantitative estimate of drug-likeness (QED) is 0.172. The van der Waals surface area contributed by atoms with E-state index < -0.39 is 0 Å². The molecule has 0 unspecified atom stereocenters. The average molecular weight is 717 g/mol. The summed E-state index contributed by atoms with van der Waals surface area (Å²) in [5, 5.41) is 4.50. The van der Waals surface area contributed by atoms with Crippen LogP contribution in [0.5, 0.6) is 0 Å². The molecule has 262 valence electrons. The van der Waals surface area contributed by atoms with Gasteiger partial charge in [-0.15, -0.1) is 0 Å². The van der Waals surface area contributed by atoms with Crippen LogP contribution in [0.3, 0.4) is 0 Å². The highest BCUT2D eigenvalue weighted by Crippen LogP contribution is 2.43. The molecule has 3 heterocycles. The molecule has 11 rings (SSSR count). The van der Waals surface area contributed by atoms with Crippen LogP contribution in [0.4, 0.5) is 0 Å². The molecule has 5 heteroatoms. The lowest BCUT2D eigenvalue weighted by Gasteiger charge is -2.15. The Balaban J connectivity index is 1.16. The van der Waals surface area contributed by atoms with Crippen LogP contribution in [-0.4, -0.2) is 19.5 Å². The van der Waals surface area contributed by atoms with E-state index in [4.69, 9.17) is 19.4 Å². The van der Waals surface area contributed by atoms with Crippen LogP contribution < -0.4 is 0 Å². The van der Waals surface area contributed by atoms with Gasteiger partial charge in [-0.2, -0.15) is 0 Å². The fourth-order valence-corrected chi connectivity index (χ4v) is 8.04. The highest BCUT2D eigenvalue weighted by Gasteiger charge is 2.22. The molecule has 0 saturated carbocycles. The summed E-state index contributed by atoms with van der Waals surface area (Å²) in [7, 11) is 0. The number of fused-ring (bicyclic) bond motifs is 7. The van der Waals surface area contributed by atoms with Crippen molar-refractivity contribution in [3.05, 3.63) is 194 Å². The Morgan fingerprint density at radius 1 is 0.339 bits per heavy atom. The van der Waals surface area contributed by atoms with Gasteiger partial charge in [0.2, 0.25) is 0 Å². The molecule has 5 nitrogen and oxygen atoms in total. The monoisotopic (exact) mass is 716 g/mol. The summed E-state index contributed by atoms with van der Waals surface area (Å²) in [5.41, 5.74) is 12.2. The number of aromatic nitrogens is 4. The smallest absolute Gasteiger partial charge is 0.166 e. The molecular formula is C51H32N4O. The summed E-state index contributed by atoms with van der Waals surface area (Å²) in [6, 6.07) is 67.3. The molecule has 0 spiro atoms. The van der Waals surface area contributed by atoms with E-state index in [9.17, 15) is 0 Å². The zero-order chi connectivity index (χ0) is 37.0. The Kier molecular flexibility index (Phi) is 7.42. The molecule has 0 saturated heterocycles. The number of rotatable bonds is 6. The fraction of sp³-hybridized carbons (Fsp3) is 0. The number of furan rings is 1. The van der Waals surface area contributed by atoms with Gasteiger partial charge in [-0.05, 0) is 64.7 Å². The van der Waals surface area contributed by atoms with E-state index in [1.54, 1.807) is 0 Å². The van der Waals surface area contributed by atoms with Crippen LogP contribution >= 0.6 is 0 Å². The summed E-state index contributed by atoms with van der Waals surface area (Å²) in [5.74, 6) is 1.83. The second kappa shape index (κ2) is 13.0. The maximum absolute atomic E-state index is 6.44. The lowest BCUT2D eigenvalue weighted by Crippen LogP contribution is -2.03. The molecule has 56 heavy (non-hydrogen) atoms. The second-order valence-electron chi connectivity index (χ2n) is 14.0. The van der Waals surface area contributed by atoms with E-state index >= 15 is 0 Å². The number of hydrogen-bond donors (Lipinski definition) is 0. The Hall–Kier alpha value is -7.63. The standard InChI is InChI=1S/C51H32N4O/c1-4-14-33(15-5-1)35-24-26-37(27-25-35)50-52-49(36-18-8-3-9-19-36)53-51(54-50)39-20-10-12-22-42(39)55-43-29-28-38(34-16-6-2-7-17-34)32-41(43)47-44(55)30-31-46-48(47)40-21-11-13-23-45(40)56-46/h1-32H. The Morgan fingerprint density at radius 2 is 0.857 bits per heavy atom. The molecule has 0 aliphatic rings. The van der Waals surface area contributed by atoms with Gasteiger partial charge in [0.15, 0.2) is 17.5 Å². The average Bonchev–Trinajstić information content (AvgIpc) is 3.82. The summed E-state index contributed by atoms with van der Waals surface area (Å²) in [6.45, 7) is 0. The van der Waals surface area contributed by atoms with Gasteiger partial charge < -0.3 is 8.98 Å². The predicted molar refractivity (Wildman–Crippen MR) is 229 cm³/mol. The number of nitrogens with zero attached hydrogens (tertiary/aromatic N) is 4. The molecule has 0 aliphatic heterocycles. The fourth-order valence-electron chi connectivity index (χ4n) is 8.04. The van der Waals surface area contributed by atoms with Crippen molar-refractivity contribution in [1.29, 1.82) is 0 Å². The van der Waals surface area contributed by atoms with Crippen LogP contribution in [0.25, 0.3) is 106 Å². The zero-order valence-corrected chi connectivity index (χ0v) is 30.2. The summed E-state index contributed by atoms with van der Waals surface area (Å²) in [6.07, 6.45) is 0. The number of para-hydroxylation sites is 2. The van der Waals surface area contributed by atoms with E-state index in [1.807, 2.05) is 48.5 Å². The maximum atomic E-state index is 6.44. The number of benzene rings is 8. The van der Waals surface area contributed by atoms with Crippen molar-refractivity contribution in [3.63, 3.8) is 0 Å². The first-order chi connectivity index (χ1) is 27.8. The van der Waals surface area contributed by atoms with Crippen LogP contribution in [0, 0.1) is 0 Å². The van der Waals surface area contributed by atoms with Crippen molar-refractivity contribution in [2.45, 2.75) is 0 Å². The van der Waals surface area contributed by atoms with E-state index in [0.29, 0.717) is 17.5 Å². The topological polar surface area (TPSA) is 56.7 Å². The second-order valence-corrected chi connectivity index (χ2v) is 14.0. The molecule has 0 fully saturated rings. The van der Waals surface area contributed by atoms with Gasteiger partial charge in [0, 0.05) is 38.2 Å². The van der Waals surface area contributed by atoms with E-state index in [2.05, 4.69) is 150 Å². The van der Waals surface area contributed by atoms with E-state index in [1.165, 1.54) is 5.56 Å². The Bertz CT molecular complexity index is 3220. The maximum Gasteiger partial charge on any atom is 0.166 e. The molecule has 0 aliphatic carbocycles. The van der Waals surface area contributed by atoms with Gasteiger partial charge >= 0.3 is 0 Å². The molecule has 0 atom stereocenters. The first-order valence-corrected chi connectivity index (χ1v) is 18.8. The Labute approximate surface area is 322 Å². The van der Waals surface area contributed by atoms with Crippen molar-refractivity contribution in [1.82, 2.24) is 19.5 Å². The largest absolute Gasteiger partial charge is 0.456 e. The molecule has 0 radical (unpaired) electrons. The highest BCUT2D eigenvalue weighted by atomic mass is 16.3. The minimum absolute atomic E-state index is 0.599. The van der Waals surface area contributed by atoms with Gasteiger partial charge in [-0.3, -0.25) is 0 Å². The van der Waals surface area contributed by atoms with Crippen LogP contribution in [0.15, 0.2) is 199 Å². The van der Waals surface area contributed by atoms with Crippen molar-refractivity contribution in [3.8, 4) is 62.1 Å². The molecule has 0 amide bonds. The third-order valence-electron chi connectivity index (χ3n) is 10.7. The summed E-state index contributed by atoms with van der Waals surface area (Å²) in [4.78, 5) is 15.4. The van der Waals surface area contributed by atoms with Gasteiger partial charge in [-0.25, -0.2) is 15.0 Å². The van der Waals surface area contributed by atoms with Gasteiger partial charge in [0.05, 0.1) is 16.7 Å². The molecule has 0 N–H and O–H groups in total. The van der Waals surface area contributed by atoms with Crippen LogP contribution in [0.2, 0.25) is 0 Å². The Morgan fingerprint density at radius 3 is 1.59 bits per heavy atom. The van der Waals surface area contributed by atoms with E-state index in [0.717, 1.165) is 82.8 Å². The minimum atomic E-state index is 0.599. The van der Waals surface area contributed by atoms with Gasteiger partial charge in [0.25, 0.3) is 0 Å². The van der Waals surface area contributed by atoms with Gasteiger partial charge in [0.1, 0.15) is 11.2 Å². The van der Waals surface area contributed by atoms with Crippen LogP contribution in [-0.2, 0) is 0 Å². The van der Waals surface area contributed by atoms with Crippen LogP contribution in [0.1, 0.15) is 0 Å². The third-order valence-corrected chi connectivity index (χ3v) is 10.7. The van der Waals surface area contributed by atoms with Crippen molar-refractivity contribution in [2.75, 3.05) is 0 Å².